The lowest BCUT2D eigenvalue weighted by molar-refractivity contribution is -0.118. The summed E-state index contributed by atoms with van der Waals surface area (Å²) in [5, 5.41) is 8.11. The van der Waals surface area contributed by atoms with E-state index in [9.17, 15) is 9.59 Å². The topological polar surface area (TPSA) is 54.4 Å². The van der Waals surface area contributed by atoms with Crippen molar-refractivity contribution in [2.45, 2.75) is 12.8 Å². The minimum atomic E-state index is -0.262. The number of carbonyl (C=O) groups is 1. The van der Waals surface area contributed by atoms with Gasteiger partial charge in [0.15, 0.2) is 0 Å². The van der Waals surface area contributed by atoms with E-state index in [1.165, 1.54) is 6.29 Å². The standard InChI is InChI=1S/C5H7O3/c6-3-1-5(8)2-4-7/h6H,1-3H2. The number of Topliss-reactive ketones (excluding diaryl/α,β-unsaturated/α-hetero) is 1. The fourth-order valence-corrected chi connectivity index (χ4v) is 0.294. The largest absolute Gasteiger partial charge is 0.396 e. The Bertz CT molecular complexity index is 87.7. The summed E-state index contributed by atoms with van der Waals surface area (Å²) in [6, 6.07) is 0. The fourth-order valence-electron chi connectivity index (χ4n) is 0.294. The highest BCUT2D eigenvalue weighted by Gasteiger charge is 1.97. The van der Waals surface area contributed by atoms with E-state index >= 15 is 0 Å². The molecule has 1 N–H and O–H groups in total. The van der Waals surface area contributed by atoms with Gasteiger partial charge in [-0.3, -0.25) is 9.59 Å². The van der Waals surface area contributed by atoms with Gasteiger partial charge in [0.25, 0.3) is 0 Å². The highest BCUT2D eigenvalue weighted by molar-refractivity contribution is 5.89. The van der Waals surface area contributed by atoms with Gasteiger partial charge in [-0.2, -0.15) is 0 Å². The van der Waals surface area contributed by atoms with Crippen LogP contribution in [0.25, 0.3) is 0 Å². The van der Waals surface area contributed by atoms with Gasteiger partial charge in [-0.15, -0.1) is 0 Å². The van der Waals surface area contributed by atoms with Crippen molar-refractivity contribution in [2.75, 3.05) is 6.61 Å². The van der Waals surface area contributed by atoms with E-state index in [2.05, 4.69) is 0 Å². The van der Waals surface area contributed by atoms with Gasteiger partial charge in [-0.05, 0) is 0 Å². The molecule has 45 valence electrons. The number of hydrogen-bond donors (Lipinski definition) is 1. The summed E-state index contributed by atoms with van der Waals surface area (Å²) in [4.78, 5) is 19.7. The van der Waals surface area contributed by atoms with Crippen LogP contribution in [0.4, 0.5) is 0 Å². The summed E-state index contributed by atoms with van der Waals surface area (Å²) in [5.41, 5.74) is 0. The SMILES string of the molecule is O=[C]CC(=O)CCO. The van der Waals surface area contributed by atoms with Crippen LogP contribution in [0.15, 0.2) is 0 Å². The van der Waals surface area contributed by atoms with Crippen LogP contribution in [-0.4, -0.2) is 23.8 Å². The predicted octanol–water partition coefficient (Wildman–Crippen LogP) is -0.562. The van der Waals surface area contributed by atoms with Gasteiger partial charge in [-0.25, -0.2) is 0 Å². The average Bonchev–Trinajstić information content (AvgIpc) is 1.68. The van der Waals surface area contributed by atoms with E-state index < -0.39 is 0 Å². The first-order valence-corrected chi connectivity index (χ1v) is 2.29. The maximum atomic E-state index is 10.2. The first-order valence-electron chi connectivity index (χ1n) is 2.29. The van der Waals surface area contributed by atoms with Crippen LogP contribution >= 0.6 is 0 Å². The van der Waals surface area contributed by atoms with Gasteiger partial charge in [0.2, 0.25) is 6.29 Å². The highest BCUT2D eigenvalue weighted by Crippen LogP contribution is 1.83. The summed E-state index contributed by atoms with van der Waals surface area (Å²) < 4.78 is 0. The second-order valence-electron chi connectivity index (χ2n) is 1.33. The molecule has 1 radical (unpaired) electrons. The first-order chi connectivity index (χ1) is 3.81. The molecule has 0 saturated heterocycles. The van der Waals surface area contributed by atoms with Gasteiger partial charge in [-0.1, -0.05) is 0 Å². The molecule has 8 heavy (non-hydrogen) atoms. The Kier molecular flexibility index (Phi) is 4.07. The minimum absolute atomic E-state index is 0.0647. The molecule has 0 aromatic carbocycles. The molecule has 0 saturated carbocycles. The van der Waals surface area contributed by atoms with E-state index in [1.807, 2.05) is 0 Å². The Balaban J connectivity index is 3.18. The second-order valence-corrected chi connectivity index (χ2v) is 1.33. The summed E-state index contributed by atoms with van der Waals surface area (Å²) >= 11 is 0. The first kappa shape index (κ1) is 7.30. The van der Waals surface area contributed by atoms with Gasteiger partial charge in [0.1, 0.15) is 5.78 Å². The number of aliphatic hydroxyl groups is 1. The lowest BCUT2D eigenvalue weighted by Crippen LogP contribution is -2.00. The third-order valence-corrected chi connectivity index (χ3v) is 0.660. The molecule has 0 amide bonds. The third-order valence-electron chi connectivity index (χ3n) is 0.660. The number of carbonyl (C=O) groups excluding carboxylic acids is 2. The number of aliphatic hydroxyl groups excluding tert-OH is 1. The number of rotatable bonds is 4. The molecule has 0 bridgehead atoms. The quantitative estimate of drug-likeness (QED) is 0.499. The summed E-state index contributed by atoms with van der Waals surface area (Å²) in [5.74, 6) is -0.262. The van der Waals surface area contributed by atoms with Gasteiger partial charge >= 0.3 is 0 Å². The highest BCUT2D eigenvalue weighted by atomic mass is 16.3. The molecule has 3 nitrogen and oxygen atoms in total. The van der Waals surface area contributed by atoms with E-state index in [0.717, 1.165) is 0 Å². The fraction of sp³-hybridized carbons (Fsp3) is 0.600. The minimum Gasteiger partial charge on any atom is -0.396 e. The lowest BCUT2D eigenvalue weighted by Gasteiger charge is -1.85. The Morgan fingerprint density at radius 2 is 2.25 bits per heavy atom. The van der Waals surface area contributed by atoms with Crippen LogP contribution in [0.2, 0.25) is 0 Å². The molecule has 0 fully saturated rings. The van der Waals surface area contributed by atoms with E-state index in [4.69, 9.17) is 5.11 Å². The smallest absolute Gasteiger partial charge is 0.206 e. The number of hydrogen-bond acceptors (Lipinski definition) is 3. The molecule has 0 aliphatic heterocycles. The van der Waals surface area contributed by atoms with Crippen molar-refractivity contribution < 1.29 is 14.7 Å². The maximum absolute atomic E-state index is 10.2. The van der Waals surface area contributed by atoms with E-state index in [-0.39, 0.29) is 25.2 Å². The van der Waals surface area contributed by atoms with E-state index in [0.29, 0.717) is 0 Å². The van der Waals surface area contributed by atoms with Crippen LogP contribution in [0.1, 0.15) is 12.8 Å². The van der Waals surface area contributed by atoms with Crippen LogP contribution in [-0.2, 0) is 9.59 Å². The van der Waals surface area contributed by atoms with Gasteiger partial charge in [0.05, 0.1) is 6.42 Å². The average molecular weight is 115 g/mol. The molecular formula is C5H7O3. The maximum Gasteiger partial charge on any atom is 0.206 e. The van der Waals surface area contributed by atoms with Crippen molar-refractivity contribution in [1.29, 1.82) is 0 Å². The van der Waals surface area contributed by atoms with Gasteiger partial charge in [0, 0.05) is 13.0 Å². The van der Waals surface area contributed by atoms with Gasteiger partial charge < -0.3 is 5.11 Å². The summed E-state index contributed by atoms with van der Waals surface area (Å²) in [6.45, 7) is -0.180. The monoisotopic (exact) mass is 115 g/mol. The van der Waals surface area contributed by atoms with Crippen LogP contribution < -0.4 is 0 Å². The summed E-state index contributed by atoms with van der Waals surface area (Å²) in [7, 11) is 0. The van der Waals surface area contributed by atoms with Crippen LogP contribution in [0.5, 0.6) is 0 Å². The van der Waals surface area contributed by atoms with Crippen LogP contribution in [0, 0.1) is 0 Å². The zero-order valence-corrected chi connectivity index (χ0v) is 4.39. The molecule has 0 aromatic rings. The van der Waals surface area contributed by atoms with Crippen molar-refractivity contribution in [1.82, 2.24) is 0 Å². The van der Waals surface area contributed by atoms with Crippen molar-refractivity contribution in [3.05, 3.63) is 0 Å². The Morgan fingerprint density at radius 3 is 2.62 bits per heavy atom. The molecule has 0 atom stereocenters. The molecule has 0 rings (SSSR count). The summed E-state index contributed by atoms with van der Waals surface area (Å²) in [6.07, 6.45) is 1.31. The zero-order chi connectivity index (χ0) is 6.41. The molecule has 3 heteroatoms. The lowest BCUT2D eigenvalue weighted by atomic mass is 10.2. The Labute approximate surface area is 47.3 Å². The van der Waals surface area contributed by atoms with Crippen LogP contribution in [0.3, 0.4) is 0 Å². The van der Waals surface area contributed by atoms with Crippen molar-refractivity contribution in [3.8, 4) is 0 Å². The molecule has 0 aromatic heterocycles. The van der Waals surface area contributed by atoms with E-state index in [1.54, 1.807) is 0 Å². The molecule has 0 spiro atoms. The predicted molar refractivity (Wildman–Crippen MR) is 27.0 cm³/mol. The molecular weight excluding hydrogens is 108 g/mol. The second kappa shape index (κ2) is 4.46. The van der Waals surface area contributed by atoms with Crippen molar-refractivity contribution in [2.24, 2.45) is 0 Å². The third kappa shape index (κ3) is 3.49. The molecule has 0 aliphatic carbocycles. The normalized spacial score (nSPS) is 8.62. The number of ketones is 1. The van der Waals surface area contributed by atoms with Crippen molar-refractivity contribution >= 4 is 12.1 Å². The van der Waals surface area contributed by atoms with Crippen molar-refractivity contribution in [3.63, 3.8) is 0 Å². The molecule has 0 heterocycles. The molecule has 0 unspecified atom stereocenters. The molecule has 0 aliphatic rings. The Hall–Kier alpha value is -0.700. The zero-order valence-electron chi connectivity index (χ0n) is 4.39. The Morgan fingerprint density at radius 1 is 1.62 bits per heavy atom.